The maximum Gasteiger partial charge on any atom is 0.125 e. The van der Waals surface area contributed by atoms with Gasteiger partial charge < -0.3 is 10.5 Å². The van der Waals surface area contributed by atoms with Gasteiger partial charge in [-0.3, -0.25) is 0 Å². The molecular formula is C18H20BrNO. The highest BCUT2D eigenvalue weighted by Crippen LogP contribution is 2.36. The first-order valence-corrected chi connectivity index (χ1v) is 8.24. The molecule has 0 spiro atoms. The van der Waals surface area contributed by atoms with Crippen LogP contribution in [0.4, 0.5) is 0 Å². The Morgan fingerprint density at radius 3 is 2.86 bits per heavy atom. The van der Waals surface area contributed by atoms with E-state index < -0.39 is 0 Å². The Bertz CT molecular complexity index is 639. The zero-order chi connectivity index (χ0) is 14.8. The lowest BCUT2D eigenvalue weighted by atomic mass is 9.89. The molecule has 2 unspecified atom stereocenters. The van der Waals surface area contributed by atoms with Gasteiger partial charge in [-0.15, -0.1) is 0 Å². The van der Waals surface area contributed by atoms with E-state index in [0.29, 0.717) is 0 Å². The minimum atomic E-state index is -0.0451. The van der Waals surface area contributed by atoms with Crippen LogP contribution in [-0.2, 0) is 6.42 Å². The van der Waals surface area contributed by atoms with E-state index >= 15 is 0 Å². The molecule has 0 aromatic heterocycles. The van der Waals surface area contributed by atoms with Crippen LogP contribution in [0.1, 0.15) is 48.6 Å². The van der Waals surface area contributed by atoms with Crippen molar-refractivity contribution in [2.45, 2.75) is 38.3 Å². The van der Waals surface area contributed by atoms with Gasteiger partial charge in [-0.2, -0.15) is 0 Å². The number of hydrogen-bond donors (Lipinski definition) is 1. The van der Waals surface area contributed by atoms with Crippen LogP contribution in [0.5, 0.6) is 5.75 Å². The summed E-state index contributed by atoms with van der Waals surface area (Å²) >= 11 is 3.50. The average Bonchev–Trinajstić information content (AvgIpc) is 2.49. The van der Waals surface area contributed by atoms with Crippen LogP contribution in [0.2, 0.25) is 0 Å². The van der Waals surface area contributed by atoms with Crippen LogP contribution < -0.4 is 10.5 Å². The van der Waals surface area contributed by atoms with E-state index in [9.17, 15) is 0 Å². The Hall–Kier alpha value is -1.32. The molecule has 1 aliphatic rings. The molecule has 21 heavy (non-hydrogen) atoms. The van der Waals surface area contributed by atoms with Crippen molar-refractivity contribution in [1.29, 1.82) is 0 Å². The number of ether oxygens (including phenoxy) is 1. The van der Waals surface area contributed by atoms with Gasteiger partial charge in [0.2, 0.25) is 0 Å². The van der Waals surface area contributed by atoms with Gasteiger partial charge in [0.05, 0.1) is 0 Å². The molecule has 2 aromatic carbocycles. The third-order valence-corrected chi connectivity index (χ3v) is 4.54. The SMILES string of the molecule is CC(N)c1cc(Br)ccc1OC1CCCc2ccccc21. The normalized spacial score (nSPS) is 18.9. The number of nitrogens with two attached hydrogens (primary N) is 1. The number of fused-ring (bicyclic) bond motifs is 1. The maximum atomic E-state index is 6.33. The first kappa shape index (κ1) is 14.6. The van der Waals surface area contributed by atoms with E-state index in [1.54, 1.807) is 0 Å². The Morgan fingerprint density at radius 1 is 1.24 bits per heavy atom. The van der Waals surface area contributed by atoms with Crippen molar-refractivity contribution in [3.05, 3.63) is 63.6 Å². The first-order valence-electron chi connectivity index (χ1n) is 7.44. The minimum absolute atomic E-state index is 0.0451. The summed E-state index contributed by atoms with van der Waals surface area (Å²) in [5.41, 5.74) is 9.86. The Balaban J connectivity index is 1.92. The fourth-order valence-corrected chi connectivity index (χ4v) is 3.35. The van der Waals surface area contributed by atoms with Gasteiger partial charge in [0, 0.05) is 16.1 Å². The first-order chi connectivity index (χ1) is 10.1. The van der Waals surface area contributed by atoms with E-state index in [0.717, 1.165) is 28.6 Å². The molecule has 1 aliphatic carbocycles. The maximum absolute atomic E-state index is 6.33. The highest BCUT2D eigenvalue weighted by Gasteiger charge is 2.22. The highest BCUT2D eigenvalue weighted by atomic mass is 79.9. The standard InChI is InChI=1S/C18H20BrNO/c1-12(20)16-11-14(19)9-10-18(16)21-17-8-4-6-13-5-2-3-7-15(13)17/h2-3,5,7,9-12,17H,4,6,8,20H2,1H3. The lowest BCUT2D eigenvalue weighted by Crippen LogP contribution is -2.17. The summed E-state index contributed by atoms with van der Waals surface area (Å²) in [6, 6.07) is 14.6. The van der Waals surface area contributed by atoms with Crippen molar-refractivity contribution in [3.63, 3.8) is 0 Å². The Morgan fingerprint density at radius 2 is 2.05 bits per heavy atom. The zero-order valence-electron chi connectivity index (χ0n) is 12.2. The highest BCUT2D eigenvalue weighted by molar-refractivity contribution is 9.10. The molecule has 0 saturated heterocycles. The molecule has 3 rings (SSSR count). The molecule has 2 aromatic rings. The van der Waals surface area contributed by atoms with Crippen molar-refractivity contribution in [3.8, 4) is 5.75 Å². The van der Waals surface area contributed by atoms with Crippen molar-refractivity contribution < 1.29 is 4.74 Å². The fraction of sp³-hybridized carbons (Fsp3) is 0.333. The molecule has 0 saturated carbocycles. The summed E-state index contributed by atoms with van der Waals surface area (Å²) in [7, 11) is 0. The molecule has 0 bridgehead atoms. The molecule has 3 heteroatoms. The van der Waals surface area contributed by atoms with Crippen molar-refractivity contribution in [2.24, 2.45) is 5.73 Å². The van der Waals surface area contributed by atoms with E-state index in [1.165, 1.54) is 17.5 Å². The monoisotopic (exact) mass is 345 g/mol. The number of aryl methyl sites for hydroxylation is 1. The molecule has 0 amide bonds. The van der Waals surface area contributed by atoms with Crippen molar-refractivity contribution in [2.75, 3.05) is 0 Å². The Labute approximate surface area is 134 Å². The van der Waals surface area contributed by atoms with Crippen LogP contribution in [0.25, 0.3) is 0 Å². The molecular weight excluding hydrogens is 326 g/mol. The van der Waals surface area contributed by atoms with Gasteiger partial charge >= 0.3 is 0 Å². The van der Waals surface area contributed by atoms with Crippen LogP contribution in [0.15, 0.2) is 46.9 Å². The fourth-order valence-electron chi connectivity index (χ4n) is 2.97. The summed E-state index contributed by atoms with van der Waals surface area (Å²) in [6.45, 7) is 1.99. The summed E-state index contributed by atoms with van der Waals surface area (Å²) in [5, 5.41) is 0. The molecule has 0 heterocycles. The molecule has 2 atom stereocenters. The van der Waals surface area contributed by atoms with Gasteiger partial charge in [-0.25, -0.2) is 0 Å². The summed E-state index contributed by atoms with van der Waals surface area (Å²) < 4.78 is 7.36. The van der Waals surface area contributed by atoms with Gasteiger partial charge in [0.15, 0.2) is 0 Å². The molecule has 2 nitrogen and oxygen atoms in total. The largest absolute Gasteiger partial charge is 0.485 e. The van der Waals surface area contributed by atoms with Gasteiger partial charge in [-0.05, 0) is 55.5 Å². The third-order valence-electron chi connectivity index (χ3n) is 4.05. The zero-order valence-corrected chi connectivity index (χ0v) is 13.8. The molecule has 0 fully saturated rings. The summed E-state index contributed by atoms with van der Waals surface area (Å²) in [4.78, 5) is 0. The third kappa shape index (κ3) is 3.14. The summed E-state index contributed by atoms with van der Waals surface area (Å²) in [5.74, 6) is 0.898. The van der Waals surface area contributed by atoms with Crippen molar-refractivity contribution in [1.82, 2.24) is 0 Å². The van der Waals surface area contributed by atoms with Gasteiger partial charge in [-0.1, -0.05) is 40.2 Å². The molecule has 0 radical (unpaired) electrons. The smallest absolute Gasteiger partial charge is 0.125 e. The van der Waals surface area contributed by atoms with Crippen LogP contribution in [-0.4, -0.2) is 0 Å². The lowest BCUT2D eigenvalue weighted by molar-refractivity contribution is 0.181. The van der Waals surface area contributed by atoms with Crippen LogP contribution in [0, 0.1) is 0 Å². The van der Waals surface area contributed by atoms with Gasteiger partial charge in [0.25, 0.3) is 0 Å². The topological polar surface area (TPSA) is 35.2 Å². The average molecular weight is 346 g/mol. The lowest BCUT2D eigenvalue weighted by Gasteiger charge is -2.27. The van der Waals surface area contributed by atoms with Crippen molar-refractivity contribution >= 4 is 15.9 Å². The van der Waals surface area contributed by atoms with E-state index in [-0.39, 0.29) is 12.1 Å². The number of hydrogen-bond acceptors (Lipinski definition) is 2. The second kappa shape index (κ2) is 6.20. The van der Waals surface area contributed by atoms with E-state index in [1.807, 2.05) is 19.1 Å². The minimum Gasteiger partial charge on any atom is -0.485 e. The number of halogens is 1. The molecule has 110 valence electrons. The number of benzene rings is 2. The van der Waals surface area contributed by atoms with Crippen LogP contribution >= 0.6 is 15.9 Å². The second-order valence-corrected chi connectivity index (χ2v) is 6.58. The van der Waals surface area contributed by atoms with E-state index in [4.69, 9.17) is 10.5 Å². The summed E-state index contributed by atoms with van der Waals surface area (Å²) in [6.07, 6.45) is 3.52. The molecule has 2 N–H and O–H groups in total. The Kier molecular flexibility index (Phi) is 4.32. The predicted molar refractivity (Wildman–Crippen MR) is 89.5 cm³/mol. The van der Waals surface area contributed by atoms with Crippen LogP contribution in [0.3, 0.4) is 0 Å². The van der Waals surface area contributed by atoms with Gasteiger partial charge in [0.1, 0.15) is 11.9 Å². The second-order valence-electron chi connectivity index (χ2n) is 5.67. The predicted octanol–water partition coefficient (Wildman–Crippen LogP) is 4.93. The van der Waals surface area contributed by atoms with E-state index in [2.05, 4.69) is 46.3 Å². The quantitative estimate of drug-likeness (QED) is 0.856. The number of rotatable bonds is 3. The molecule has 0 aliphatic heterocycles.